The van der Waals surface area contributed by atoms with Gasteiger partial charge in [-0.3, -0.25) is 10.1 Å². The Morgan fingerprint density at radius 3 is 2.63 bits per heavy atom. The molecule has 0 saturated heterocycles. The number of benzene rings is 1. The fraction of sp³-hybridized carbons (Fsp3) is 0.0833. The highest BCUT2D eigenvalue weighted by atomic mass is 35.5. The number of hydrogen-bond acceptors (Lipinski definition) is 4. The monoisotopic (exact) mass is 314 g/mol. The lowest BCUT2D eigenvalue weighted by Gasteiger charge is -2.04. The summed E-state index contributed by atoms with van der Waals surface area (Å²) in [7, 11) is 0. The summed E-state index contributed by atoms with van der Waals surface area (Å²) in [6.07, 6.45) is 0. The molecule has 2 rings (SSSR count). The molecule has 0 amide bonds. The van der Waals surface area contributed by atoms with Crippen LogP contribution in [0.25, 0.3) is 0 Å². The minimum Gasteiger partial charge on any atom is -0.258 e. The summed E-state index contributed by atoms with van der Waals surface area (Å²) in [6.45, 7) is 0. The van der Waals surface area contributed by atoms with Crippen molar-refractivity contribution in [2.75, 3.05) is 0 Å². The third kappa shape index (κ3) is 3.59. The van der Waals surface area contributed by atoms with Crippen LogP contribution in [-0.4, -0.2) is 9.91 Å². The smallest absolute Gasteiger partial charge is 0.258 e. The van der Waals surface area contributed by atoms with Crippen molar-refractivity contribution in [2.24, 2.45) is 0 Å². The van der Waals surface area contributed by atoms with E-state index in [2.05, 4.69) is 4.98 Å². The third-order valence-corrected chi connectivity index (χ3v) is 3.99. The van der Waals surface area contributed by atoms with Crippen LogP contribution in [0.2, 0.25) is 10.3 Å². The number of thioether (sulfide) groups is 1. The van der Waals surface area contributed by atoms with E-state index < -0.39 is 4.92 Å². The van der Waals surface area contributed by atoms with E-state index in [-0.39, 0.29) is 5.69 Å². The Bertz CT molecular complexity index is 622. The molecule has 0 aliphatic heterocycles. The van der Waals surface area contributed by atoms with Crippen molar-refractivity contribution in [1.82, 2.24) is 4.98 Å². The van der Waals surface area contributed by atoms with Crippen molar-refractivity contribution < 1.29 is 4.92 Å². The van der Waals surface area contributed by atoms with Crippen molar-refractivity contribution >= 4 is 40.7 Å². The average Bonchev–Trinajstić information content (AvgIpc) is 2.38. The molecule has 0 fully saturated rings. The van der Waals surface area contributed by atoms with Gasteiger partial charge in [-0.1, -0.05) is 41.4 Å². The van der Waals surface area contributed by atoms with Crippen LogP contribution in [0.5, 0.6) is 0 Å². The molecule has 1 aromatic carbocycles. The second kappa shape index (κ2) is 6.23. The van der Waals surface area contributed by atoms with Gasteiger partial charge in [0, 0.05) is 11.8 Å². The summed E-state index contributed by atoms with van der Waals surface area (Å²) >= 11 is 13.0. The zero-order chi connectivity index (χ0) is 13.8. The molecule has 4 nitrogen and oxygen atoms in total. The fourth-order valence-corrected chi connectivity index (χ4v) is 2.93. The van der Waals surface area contributed by atoms with Crippen LogP contribution in [0.3, 0.4) is 0 Å². The first-order valence-electron chi connectivity index (χ1n) is 5.25. The molecule has 1 heterocycles. The van der Waals surface area contributed by atoms with Crippen molar-refractivity contribution in [3.63, 3.8) is 0 Å². The lowest BCUT2D eigenvalue weighted by Crippen LogP contribution is -1.91. The molecule has 0 spiro atoms. The molecule has 19 heavy (non-hydrogen) atoms. The zero-order valence-electron chi connectivity index (χ0n) is 9.55. The van der Waals surface area contributed by atoms with Gasteiger partial charge in [0.15, 0.2) is 0 Å². The largest absolute Gasteiger partial charge is 0.282 e. The Morgan fingerprint density at radius 2 is 1.95 bits per heavy atom. The molecule has 0 N–H and O–H groups in total. The zero-order valence-corrected chi connectivity index (χ0v) is 11.9. The van der Waals surface area contributed by atoms with Gasteiger partial charge in [-0.2, -0.15) is 0 Å². The van der Waals surface area contributed by atoms with Crippen molar-refractivity contribution in [2.45, 2.75) is 10.6 Å². The molecule has 0 atom stereocenters. The highest BCUT2D eigenvalue weighted by molar-refractivity contribution is 7.98. The van der Waals surface area contributed by atoms with Gasteiger partial charge in [0.05, 0.1) is 9.82 Å². The van der Waals surface area contributed by atoms with Crippen LogP contribution in [0, 0.1) is 10.1 Å². The lowest BCUT2D eigenvalue weighted by atomic mass is 10.3. The topological polar surface area (TPSA) is 56.0 Å². The second-order valence-electron chi connectivity index (χ2n) is 3.60. The van der Waals surface area contributed by atoms with E-state index in [0.717, 1.165) is 5.56 Å². The summed E-state index contributed by atoms with van der Waals surface area (Å²) in [5.74, 6) is 0.494. The van der Waals surface area contributed by atoms with E-state index in [9.17, 15) is 10.1 Å². The Kier molecular flexibility index (Phi) is 4.63. The number of aromatic nitrogens is 1. The SMILES string of the molecule is O=[N+]([O-])c1ccccc1SCc1ccc(Cl)nc1Cl. The summed E-state index contributed by atoms with van der Waals surface area (Å²) in [4.78, 5) is 15.0. The van der Waals surface area contributed by atoms with Crippen LogP contribution < -0.4 is 0 Å². The first kappa shape index (κ1) is 14.1. The van der Waals surface area contributed by atoms with Crippen LogP contribution in [-0.2, 0) is 5.75 Å². The number of nitro groups is 1. The minimum absolute atomic E-state index is 0.0885. The maximum atomic E-state index is 10.9. The van der Waals surface area contributed by atoms with Gasteiger partial charge in [-0.25, -0.2) is 4.98 Å². The van der Waals surface area contributed by atoms with E-state index in [1.54, 1.807) is 30.3 Å². The van der Waals surface area contributed by atoms with E-state index in [0.29, 0.717) is 21.0 Å². The second-order valence-corrected chi connectivity index (χ2v) is 5.36. The first-order valence-corrected chi connectivity index (χ1v) is 6.99. The third-order valence-electron chi connectivity index (χ3n) is 2.34. The van der Waals surface area contributed by atoms with Crippen LogP contribution in [0.15, 0.2) is 41.3 Å². The summed E-state index contributed by atoms with van der Waals surface area (Å²) in [5.41, 5.74) is 0.875. The molecule has 1 aromatic heterocycles. The van der Waals surface area contributed by atoms with Gasteiger partial charge in [0.2, 0.25) is 0 Å². The molecular weight excluding hydrogens is 307 g/mol. The quantitative estimate of drug-likeness (QED) is 0.358. The van der Waals surface area contributed by atoms with Gasteiger partial charge < -0.3 is 0 Å². The van der Waals surface area contributed by atoms with Crippen molar-refractivity contribution in [3.8, 4) is 0 Å². The summed E-state index contributed by atoms with van der Waals surface area (Å²) in [5, 5.41) is 11.5. The Morgan fingerprint density at radius 1 is 1.21 bits per heavy atom. The number of hydrogen-bond donors (Lipinski definition) is 0. The Labute approximate surface area is 123 Å². The lowest BCUT2D eigenvalue weighted by molar-refractivity contribution is -0.387. The number of nitrogens with zero attached hydrogens (tertiary/aromatic N) is 2. The van der Waals surface area contributed by atoms with E-state index >= 15 is 0 Å². The van der Waals surface area contributed by atoms with E-state index in [4.69, 9.17) is 23.2 Å². The number of para-hydroxylation sites is 1. The average molecular weight is 315 g/mol. The number of rotatable bonds is 4. The molecular formula is C12H8Cl2N2O2S. The van der Waals surface area contributed by atoms with Crippen LogP contribution >= 0.6 is 35.0 Å². The molecule has 0 saturated carbocycles. The fourth-order valence-electron chi connectivity index (χ4n) is 1.43. The van der Waals surface area contributed by atoms with Crippen molar-refractivity contribution in [3.05, 3.63) is 62.4 Å². The molecule has 0 unspecified atom stereocenters. The number of halogens is 2. The summed E-state index contributed by atoms with van der Waals surface area (Å²) in [6, 6.07) is 9.99. The van der Waals surface area contributed by atoms with Crippen LogP contribution in [0.1, 0.15) is 5.56 Å². The molecule has 0 aliphatic carbocycles. The maximum Gasteiger partial charge on any atom is 0.282 e. The minimum atomic E-state index is -0.399. The van der Waals surface area contributed by atoms with Gasteiger partial charge >= 0.3 is 0 Å². The Balaban J connectivity index is 2.17. The van der Waals surface area contributed by atoms with Gasteiger partial charge in [-0.05, 0) is 17.7 Å². The standard InChI is InChI=1S/C12H8Cl2N2O2S/c13-11-6-5-8(12(14)15-11)7-19-10-4-2-1-3-9(10)16(17)18/h1-6H,7H2. The predicted octanol–water partition coefficient (Wildman–Crippen LogP) is 4.59. The predicted molar refractivity (Wildman–Crippen MR) is 76.9 cm³/mol. The molecule has 2 aromatic rings. The molecule has 7 heteroatoms. The van der Waals surface area contributed by atoms with E-state index in [1.807, 2.05) is 0 Å². The van der Waals surface area contributed by atoms with E-state index in [1.165, 1.54) is 17.8 Å². The highest BCUT2D eigenvalue weighted by Crippen LogP contribution is 2.32. The van der Waals surface area contributed by atoms with Crippen LogP contribution in [0.4, 0.5) is 5.69 Å². The molecule has 0 radical (unpaired) electrons. The molecule has 0 bridgehead atoms. The normalized spacial score (nSPS) is 10.4. The highest BCUT2D eigenvalue weighted by Gasteiger charge is 2.13. The maximum absolute atomic E-state index is 10.9. The summed E-state index contributed by atoms with van der Waals surface area (Å²) < 4.78 is 0. The van der Waals surface area contributed by atoms with Gasteiger partial charge in [-0.15, -0.1) is 11.8 Å². The van der Waals surface area contributed by atoms with Gasteiger partial charge in [0.1, 0.15) is 10.3 Å². The molecule has 0 aliphatic rings. The molecule has 98 valence electrons. The van der Waals surface area contributed by atoms with Gasteiger partial charge in [0.25, 0.3) is 5.69 Å². The first-order chi connectivity index (χ1) is 9.08. The Hall–Kier alpha value is -1.30. The number of pyridine rings is 1. The van der Waals surface area contributed by atoms with Crippen molar-refractivity contribution in [1.29, 1.82) is 0 Å². The number of nitro benzene ring substituents is 1.